The van der Waals surface area contributed by atoms with E-state index < -0.39 is 12.1 Å². The number of para-hydroxylation sites is 1. The second-order valence-corrected chi connectivity index (χ2v) is 6.87. The Morgan fingerprint density at radius 3 is 2.75 bits per heavy atom. The van der Waals surface area contributed by atoms with Crippen molar-refractivity contribution in [2.24, 2.45) is 10.9 Å². The molecular weight excluding hydrogens is 371 g/mol. The summed E-state index contributed by atoms with van der Waals surface area (Å²) in [4.78, 5) is 4.43. The van der Waals surface area contributed by atoms with Gasteiger partial charge in [-0.2, -0.15) is 13.2 Å². The highest BCUT2D eigenvalue weighted by Gasteiger charge is 2.42. The first-order valence-electron chi connectivity index (χ1n) is 9.75. The lowest BCUT2D eigenvalue weighted by atomic mass is 9.85. The van der Waals surface area contributed by atoms with Crippen LogP contribution in [0.25, 0.3) is 0 Å². The molecule has 1 aromatic carbocycles. The van der Waals surface area contributed by atoms with Gasteiger partial charge < -0.3 is 20.1 Å². The Morgan fingerprint density at radius 2 is 2.04 bits per heavy atom. The fourth-order valence-electron chi connectivity index (χ4n) is 3.36. The van der Waals surface area contributed by atoms with Crippen molar-refractivity contribution in [3.8, 4) is 5.75 Å². The van der Waals surface area contributed by atoms with E-state index in [9.17, 15) is 13.2 Å². The molecule has 0 spiro atoms. The zero-order chi connectivity index (χ0) is 20.4. The van der Waals surface area contributed by atoms with Gasteiger partial charge in [-0.25, -0.2) is 0 Å². The van der Waals surface area contributed by atoms with Crippen LogP contribution in [-0.4, -0.2) is 45.0 Å². The molecule has 0 aromatic heterocycles. The minimum Gasteiger partial charge on any atom is -0.496 e. The van der Waals surface area contributed by atoms with Crippen molar-refractivity contribution in [2.45, 2.75) is 51.4 Å². The Morgan fingerprint density at radius 1 is 1.25 bits per heavy atom. The van der Waals surface area contributed by atoms with Crippen LogP contribution in [0.5, 0.6) is 5.75 Å². The first-order chi connectivity index (χ1) is 13.4. The minimum atomic E-state index is -4.12. The third kappa shape index (κ3) is 7.22. The molecule has 2 N–H and O–H groups in total. The molecule has 0 saturated heterocycles. The summed E-state index contributed by atoms with van der Waals surface area (Å²) in [7, 11) is 1.62. The van der Waals surface area contributed by atoms with E-state index >= 15 is 0 Å². The molecule has 158 valence electrons. The molecular formula is C20H30F3N3O2. The Labute approximate surface area is 164 Å². The molecule has 2 atom stereocenters. The van der Waals surface area contributed by atoms with Gasteiger partial charge in [-0.05, 0) is 32.3 Å². The molecule has 2 rings (SSSR count). The van der Waals surface area contributed by atoms with Gasteiger partial charge in [0.25, 0.3) is 0 Å². The average molecular weight is 401 g/mol. The number of halogens is 3. The van der Waals surface area contributed by atoms with Crippen LogP contribution in [0.4, 0.5) is 13.2 Å². The van der Waals surface area contributed by atoms with Crippen LogP contribution in [0.1, 0.15) is 38.2 Å². The summed E-state index contributed by atoms with van der Waals surface area (Å²) in [6.07, 6.45) is -2.52. The smallest absolute Gasteiger partial charge is 0.391 e. The zero-order valence-electron chi connectivity index (χ0n) is 16.5. The summed E-state index contributed by atoms with van der Waals surface area (Å²) < 4.78 is 49.9. The third-order valence-corrected chi connectivity index (χ3v) is 4.78. The van der Waals surface area contributed by atoms with Gasteiger partial charge in [0, 0.05) is 18.2 Å². The number of aliphatic imine (C=N–C) groups is 1. The number of ether oxygens (including phenoxy) is 2. The van der Waals surface area contributed by atoms with Crippen molar-refractivity contribution < 1.29 is 22.6 Å². The second-order valence-electron chi connectivity index (χ2n) is 6.87. The van der Waals surface area contributed by atoms with E-state index in [0.717, 1.165) is 17.7 Å². The fraction of sp³-hybridized carbons (Fsp3) is 0.650. The fourth-order valence-corrected chi connectivity index (χ4v) is 3.36. The number of guanidine groups is 1. The highest BCUT2D eigenvalue weighted by atomic mass is 19.4. The van der Waals surface area contributed by atoms with Crippen molar-refractivity contribution in [1.82, 2.24) is 10.6 Å². The molecule has 28 heavy (non-hydrogen) atoms. The number of benzene rings is 1. The van der Waals surface area contributed by atoms with Crippen LogP contribution in [0.15, 0.2) is 29.3 Å². The highest BCUT2D eigenvalue weighted by molar-refractivity contribution is 5.80. The molecule has 0 aliphatic heterocycles. The largest absolute Gasteiger partial charge is 0.496 e. The van der Waals surface area contributed by atoms with Crippen molar-refractivity contribution in [3.63, 3.8) is 0 Å². The van der Waals surface area contributed by atoms with Gasteiger partial charge in [0.05, 0.1) is 32.8 Å². The standard InChI is InChI=1S/C20H30F3N3O2/c1-3-24-19(26-17-9-6-8-16(13-17)20(21,22)23)25-11-12-28-14-15-7-4-5-10-18(15)27-2/h4-5,7,10,16-17H,3,6,8-9,11-14H2,1-2H3,(H2,24,25,26). The topological polar surface area (TPSA) is 54.9 Å². The van der Waals surface area contributed by atoms with E-state index in [1.54, 1.807) is 7.11 Å². The van der Waals surface area contributed by atoms with Gasteiger partial charge in [-0.3, -0.25) is 4.99 Å². The van der Waals surface area contributed by atoms with Crippen molar-refractivity contribution in [1.29, 1.82) is 0 Å². The molecule has 1 fully saturated rings. The van der Waals surface area contributed by atoms with E-state index in [4.69, 9.17) is 9.47 Å². The SMILES string of the molecule is CCNC(=NCCOCc1ccccc1OC)NC1CCCC(C(F)(F)F)C1. The molecule has 0 heterocycles. The quantitative estimate of drug-likeness (QED) is 0.394. The molecule has 0 radical (unpaired) electrons. The molecule has 2 unspecified atom stereocenters. The summed E-state index contributed by atoms with van der Waals surface area (Å²) >= 11 is 0. The lowest BCUT2D eigenvalue weighted by Crippen LogP contribution is -2.47. The van der Waals surface area contributed by atoms with Gasteiger partial charge in [0.15, 0.2) is 5.96 Å². The second kappa shape index (κ2) is 11.1. The first-order valence-corrected chi connectivity index (χ1v) is 9.75. The summed E-state index contributed by atoms with van der Waals surface area (Å²) in [5.41, 5.74) is 0.958. The van der Waals surface area contributed by atoms with E-state index in [-0.39, 0.29) is 18.9 Å². The first kappa shape index (κ1) is 22.3. The summed E-state index contributed by atoms with van der Waals surface area (Å²) in [6.45, 7) is 3.81. The maximum Gasteiger partial charge on any atom is 0.391 e. The van der Waals surface area contributed by atoms with E-state index in [2.05, 4.69) is 15.6 Å². The number of methoxy groups -OCH3 is 1. The molecule has 0 amide bonds. The highest BCUT2D eigenvalue weighted by Crippen LogP contribution is 2.37. The van der Waals surface area contributed by atoms with E-state index in [1.165, 1.54) is 0 Å². The number of nitrogens with zero attached hydrogens (tertiary/aromatic N) is 1. The lowest BCUT2D eigenvalue weighted by molar-refractivity contribution is -0.183. The minimum absolute atomic E-state index is 0.0955. The normalized spacial score (nSPS) is 20.7. The van der Waals surface area contributed by atoms with Crippen LogP contribution < -0.4 is 15.4 Å². The number of alkyl halides is 3. The molecule has 5 nitrogen and oxygen atoms in total. The van der Waals surface area contributed by atoms with Gasteiger partial charge in [-0.15, -0.1) is 0 Å². The Bertz CT molecular complexity index is 623. The van der Waals surface area contributed by atoms with E-state index in [0.29, 0.717) is 38.7 Å². The maximum atomic E-state index is 13.0. The van der Waals surface area contributed by atoms with Crippen LogP contribution in [0, 0.1) is 5.92 Å². The maximum absolute atomic E-state index is 13.0. The molecule has 1 aromatic rings. The number of hydrogen-bond donors (Lipinski definition) is 2. The average Bonchev–Trinajstić information content (AvgIpc) is 2.67. The Kier molecular flexibility index (Phi) is 8.89. The third-order valence-electron chi connectivity index (χ3n) is 4.78. The summed E-state index contributed by atoms with van der Waals surface area (Å²) in [5.74, 6) is 0.0829. The number of nitrogens with one attached hydrogen (secondary N) is 2. The predicted octanol–water partition coefficient (Wildman–Crippen LogP) is 3.89. The Balaban J connectivity index is 1.80. The summed E-state index contributed by atoms with van der Waals surface area (Å²) in [6, 6.07) is 7.42. The van der Waals surface area contributed by atoms with Crippen LogP contribution in [0.2, 0.25) is 0 Å². The monoisotopic (exact) mass is 401 g/mol. The molecule has 8 heteroatoms. The molecule has 1 saturated carbocycles. The van der Waals surface area contributed by atoms with Crippen LogP contribution >= 0.6 is 0 Å². The van der Waals surface area contributed by atoms with Crippen molar-refractivity contribution in [3.05, 3.63) is 29.8 Å². The van der Waals surface area contributed by atoms with Gasteiger partial charge >= 0.3 is 6.18 Å². The van der Waals surface area contributed by atoms with Crippen molar-refractivity contribution in [2.75, 3.05) is 26.8 Å². The van der Waals surface area contributed by atoms with Crippen LogP contribution in [-0.2, 0) is 11.3 Å². The number of hydrogen-bond acceptors (Lipinski definition) is 3. The molecule has 1 aliphatic rings. The molecule has 1 aliphatic carbocycles. The zero-order valence-corrected chi connectivity index (χ0v) is 16.5. The van der Waals surface area contributed by atoms with E-state index in [1.807, 2.05) is 31.2 Å². The van der Waals surface area contributed by atoms with Crippen molar-refractivity contribution >= 4 is 5.96 Å². The predicted molar refractivity (Wildman–Crippen MR) is 104 cm³/mol. The Hall–Kier alpha value is -1.96. The van der Waals surface area contributed by atoms with Crippen LogP contribution in [0.3, 0.4) is 0 Å². The van der Waals surface area contributed by atoms with Gasteiger partial charge in [-0.1, -0.05) is 24.6 Å². The summed E-state index contributed by atoms with van der Waals surface area (Å²) in [5, 5.41) is 6.24. The van der Waals surface area contributed by atoms with Gasteiger partial charge in [0.2, 0.25) is 0 Å². The molecule has 0 bridgehead atoms. The number of rotatable bonds is 8. The van der Waals surface area contributed by atoms with Gasteiger partial charge in [0.1, 0.15) is 5.75 Å². The lowest BCUT2D eigenvalue weighted by Gasteiger charge is -2.31.